The van der Waals surface area contributed by atoms with Gasteiger partial charge in [0.15, 0.2) is 0 Å². The van der Waals surface area contributed by atoms with E-state index in [2.05, 4.69) is 9.73 Å². The van der Waals surface area contributed by atoms with Crippen molar-refractivity contribution in [2.45, 2.75) is 33.6 Å². The molecule has 1 atom stereocenters. The van der Waals surface area contributed by atoms with Gasteiger partial charge in [0.2, 0.25) is 0 Å². The van der Waals surface area contributed by atoms with Gasteiger partial charge in [0.1, 0.15) is 5.83 Å². The molecule has 0 bridgehead atoms. The Labute approximate surface area is 102 Å². The summed E-state index contributed by atoms with van der Waals surface area (Å²) in [4.78, 5) is 14.9. The Kier molecular flexibility index (Phi) is 7.18. The lowest BCUT2D eigenvalue weighted by Crippen LogP contribution is -2.12. The number of nitrogens with zero attached hydrogens (tertiary/aromatic N) is 1. The van der Waals surface area contributed by atoms with Crippen LogP contribution in [0.3, 0.4) is 0 Å². The number of allylic oxidation sites excluding steroid dienone is 1. The minimum absolute atomic E-state index is 0.0270. The van der Waals surface area contributed by atoms with Crippen molar-refractivity contribution in [1.29, 1.82) is 0 Å². The number of nitrogens with two attached hydrogens (primary N) is 1. The summed E-state index contributed by atoms with van der Waals surface area (Å²) in [6, 6.07) is 0. The van der Waals surface area contributed by atoms with Crippen molar-refractivity contribution in [3.63, 3.8) is 0 Å². The molecule has 0 saturated heterocycles. The highest BCUT2D eigenvalue weighted by atomic mass is 19.1. The Morgan fingerprint density at radius 1 is 1.47 bits per heavy atom. The zero-order valence-electron chi connectivity index (χ0n) is 10.9. The van der Waals surface area contributed by atoms with Crippen LogP contribution in [0.2, 0.25) is 0 Å². The summed E-state index contributed by atoms with van der Waals surface area (Å²) in [6.07, 6.45) is 1.08. The topological polar surface area (TPSA) is 64.7 Å². The Morgan fingerprint density at radius 2 is 2.06 bits per heavy atom. The van der Waals surface area contributed by atoms with E-state index in [0.29, 0.717) is 24.3 Å². The molecule has 17 heavy (non-hydrogen) atoms. The molecule has 5 heteroatoms. The second-order valence-electron chi connectivity index (χ2n) is 4.11. The Balaban J connectivity index is 4.24. The predicted octanol–water partition coefficient (Wildman–Crippen LogP) is 2.20. The van der Waals surface area contributed by atoms with Crippen molar-refractivity contribution in [3.8, 4) is 0 Å². The fraction of sp³-hybridized carbons (Fsp3) is 0.667. The second-order valence-corrected chi connectivity index (χ2v) is 4.11. The number of hydrogen-bond acceptors (Lipinski definition) is 3. The molecule has 0 aliphatic rings. The summed E-state index contributed by atoms with van der Waals surface area (Å²) in [5, 5.41) is 0. The summed E-state index contributed by atoms with van der Waals surface area (Å²) in [6.45, 7) is 5.04. The smallest absolute Gasteiger partial charge is 0.308 e. The highest BCUT2D eigenvalue weighted by molar-refractivity contribution is 5.77. The number of halogens is 1. The van der Waals surface area contributed by atoms with E-state index >= 15 is 0 Å². The molecule has 0 aromatic carbocycles. The lowest BCUT2D eigenvalue weighted by Gasteiger charge is -2.09. The van der Waals surface area contributed by atoms with Crippen molar-refractivity contribution >= 4 is 11.8 Å². The maximum absolute atomic E-state index is 13.5. The van der Waals surface area contributed by atoms with Crippen molar-refractivity contribution in [1.82, 2.24) is 0 Å². The molecule has 0 rings (SSSR count). The van der Waals surface area contributed by atoms with Gasteiger partial charge in [-0.3, -0.25) is 9.79 Å². The molecule has 0 saturated carbocycles. The van der Waals surface area contributed by atoms with Gasteiger partial charge in [-0.25, -0.2) is 4.39 Å². The maximum atomic E-state index is 13.5. The number of amidine groups is 1. The number of esters is 1. The Hall–Kier alpha value is -1.39. The van der Waals surface area contributed by atoms with Crippen LogP contribution in [-0.4, -0.2) is 25.5 Å². The summed E-state index contributed by atoms with van der Waals surface area (Å²) in [5.74, 6) is -0.417. The number of carbonyl (C=O) groups is 1. The molecule has 0 aliphatic carbocycles. The molecule has 0 fully saturated rings. The summed E-state index contributed by atoms with van der Waals surface area (Å²) >= 11 is 0. The van der Waals surface area contributed by atoms with Gasteiger partial charge < -0.3 is 10.5 Å². The second kappa shape index (κ2) is 7.81. The highest BCUT2D eigenvalue weighted by Crippen LogP contribution is 2.17. The number of carbonyl (C=O) groups excluding carboxylic acids is 1. The number of aliphatic imine (C=N–C) groups is 1. The third kappa shape index (κ3) is 6.71. The SMILES string of the molecule is COC(=O)C(C)CC/C(C)=C(/F)CN=C(C)N. The van der Waals surface area contributed by atoms with Crippen molar-refractivity contribution in [2.24, 2.45) is 16.6 Å². The van der Waals surface area contributed by atoms with Gasteiger partial charge in [-0.2, -0.15) is 0 Å². The first-order chi connectivity index (χ1) is 7.88. The van der Waals surface area contributed by atoms with Crippen LogP contribution in [0.4, 0.5) is 4.39 Å². The zero-order chi connectivity index (χ0) is 13.4. The quantitative estimate of drug-likeness (QED) is 0.442. The fourth-order valence-corrected chi connectivity index (χ4v) is 1.22. The molecule has 0 aliphatic heterocycles. The summed E-state index contributed by atoms with van der Waals surface area (Å²) < 4.78 is 18.1. The average molecular weight is 244 g/mol. The first-order valence-corrected chi connectivity index (χ1v) is 5.57. The van der Waals surface area contributed by atoms with Gasteiger partial charge in [0.05, 0.1) is 25.4 Å². The largest absolute Gasteiger partial charge is 0.469 e. The molecule has 0 spiro atoms. The average Bonchev–Trinajstić information content (AvgIpc) is 2.31. The van der Waals surface area contributed by atoms with Crippen LogP contribution in [0.5, 0.6) is 0 Å². The molecule has 0 amide bonds. The molecule has 0 aromatic heterocycles. The molecular weight excluding hydrogens is 223 g/mol. The number of methoxy groups -OCH3 is 1. The highest BCUT2D eigenvalue weighted by Gasteiger charge is 2.13. The van der Waals surface area contributed by atoms with E-state index in [1.165, 1.54) is 7.11 Å². The van der Waals surface area contributed by atoms with Gasteiger partial charge in [-0.05, 0) is 32.3 Å². The molecule has 0 aromatic rings. The van der Waals surface area contributed by atoms with Crippen LogP contribution in [0.25, 0.3) is 0 Å². The third-order valence-corrected chi connectivity index (χ3v) is 2.49. The van der Waals surface area contributed by atoms with Gasteiger partial charge in [-0.1, -0.05) is 6.92 Å². The van der Waals surface area contributed by atoms with Gasteiger partial charge in [0, 0.05) is 0 Å². The van der Waals surface area contributed by atoms with E-state index in [0.717, 1.165) is 0 Å². The molecule has 2 N–H and O–H groups in total. The normalized spacial score (nSPS) is 15.2. The summed E-state index contributed by atoms with van der Waals surface area (Å²) in [5.41, 5.74) is 5.92. The minimum Gasteiger partial charge on any atom is -0.469 e. The predicted molar refractivity (Wildman–Crippen MR) is 66.4 cm³/mol. The van der Waals surface area contributed by atoms with Crippen LogP contribution in [-0.2, 0) is 9.53 Å². The summed E-state index contributed by atoms with van der Waals surface area (Å²) in [7, 11) is 1.35. The fourth-order valence-electron chi connectivity index (χ4n) is 1.22. The molecule has 4 nitrogen and oxygen atoms in total. The standard InChI is InChI=1S/C12H21FN2O2/c1-8(11(13)7-15-10(3)14)5-6-9(2)12(16)17-4/h9H,5-7H2,1-4H3,(H2,14,15)/b11-8+. The van der Waals surface area contributed by atoms with Gasteiger partial charge >= 0.3 is 5.97 Å². The number of hydrogen-bond donors (Lipinski definition) is 1. The first kappa shape index (κ1) is 15.6. The van der Waals surface area contributed by atoms with Crippen LogP contribution in [0, 0.1) is 5.92 Å². The van der Waals surface area contributed by atoms with Gasteiger partial charge in [0.25, 0.3) is 0 Å². The van der Waals surface area contributed by atoms with Crippen LogP contribution in [0.15, 0.2) is 16.4 Å². The van der Waals surface area contributed by atoms with Gasteiger partial charge in [-0.15, -0.1) is 0 Å². The molecule has 1 unspecified atom stereocenters. The first-order valence-electron chi connectivity index (χ1n) is 5.57. The van der Waals surface area contributed by atoms with E-state index in [1.54, 1.807) is 20.8 Å². The Morgan fingerprint density at radius 3 is 2.53 bits per heavy atom. The van der Waals surface area contributed by atoms with E-state index in [1.807, 2.05) is 0 Å². The monoisotopic (exact) mass is 244 g/mol. The Bertz CT molecular complexity index is 320. The van der Waals surface area contributed by atoms with Crippen molar-refractivity contribution < 1.29 is 13.9 Å². The van der Waals surface area contributed by atoms with Crippen LogP contribution < -0.4 is 5.73 Å². The van der Waals surface area contributed by atoms with Crippen molar-refractivity contribution in [3.05, 3.63) is 11.4 Å². The number of rotatable bonds is 6. The number of ether oxygens (including phenoxy) is 1. The zero-order valence-corrected chi connectivity index (χ0v) is 10.9. The van der Waals surface area contributed by atoms with E-state index in [-0.39, 0.29) is 24.3 Å². The molecule has 0 radical (unpaired) electrons. The molecule has 98 valence electrons. The minimum atomic E-state index is -0.285. The van der Waals surface area contributed by atoms with E-state index in [4.69, 9.17) is 5.73 Å². The lowest BCUT2D eigenvalue weighted by molar-refractivity contribution is -0.145. The third-order valence-electron chi connectivity index (χ3n) is 2.49. The van der Waals surface area contributed by atoms with Crippen LogP contribution >= 0.6 is 0 Å². The van der Waals surface area contributed by atoms with Crippen molar-refractivity contribution in [2.75, 3.05) is 13.7 Å². The van der Waals surface area contributed by atoms with Crippen LogP contribution in [0.1, 0.15) is 33.6 Å². The lowest BCUT2D eigenvalue weighted by atomic mass is 10.0. The van der Waals surface area contributed by atoms with E-state index < -0.39 is 0 Å². The molecule has 0 heterocycles. The maximum Gasteiger partial charge on any atom is 0.308 e. The molecular formula is C12H21FN2O2. The van der Waals surface area contributed by atoms with E-state index in [9.17, 15) is 9.18 Å².